The van der Waals surface area contributed by atoms with E-state index < -0.39 is 0 Å². The summed E-state index contributed by atoms with van der Waals surface area (Å²) in [5.41, 5.74) is 0.740. The molecular formula is C16H21N3OS. The van der Waals surface area contributed by atoms with Crippen molar-refractivity contribution in [3.8, 4) is 0 Å². The first-order chi connectivity index (χ1) is 10.1. The Kier molecular flexibility index (Phi) is 3.95. The number of hydrogen-bond donors (Lipinski definition) is 2. The van der Waals surface area contributed by atoms with Gasteiger partial charge < -0.3 is 10.6 Å². The maximum Gasteiger partial charge on any atom is 0.228 e. The van der Waals surface area contributed by atoms with Crippen LogP contribution in [0.4, 0.5) is 0 Å². The molecule has 0 radical (unpaired) electrons. The number of thiazole rings is 1. The highest BCUT2D eigenvalue weighted by Crippen LogP contribution is 2.34. The normalized spacial score (nSPS) is 22.0. The zero-order valence-electron chi connectivity index (χ0n) is 12.5. The summed E-state index contributed by atoms with van der Waals surface area (Å²) in [5, 5.41) is 7.38. The zero-order valence-corrected chi connectivity index (χ0v) is 13.3. The van der Waals surface area contributed by atoms with Crippen LogP contribution < -0.4 is 10.6 Å². The predicted octanol–water partition coefficient (Wildman–Crippen LogP) is 2.55. The molecule has 2 heterocycles. The number of fused-ring (bicyclic) bond motifs is 1. The standard InChI is InChI=1S/C16H21N3OS/c1-11(2)16(7-8-17-10-16)15(20)18-9-14-19-12-5-3-4-6-13(12)21-14/h3-6,11,17H,7-10H2,1-2H3,(H,18,20). The van der Waals surface area contributed by atoms with Crippen molar-refractivity contribution in [1.82, 2.24) is 15.6 Å². The van der Waals surface area contributed by atoms with E-state index in [-0.39, 0.29) is 11.3 Å². The van der Waals surface area contributed by atoms with Gasteiger partial charge in [0.15, 0.2) is 0 Å². The van der Waals surface area contributed by atoms with Crippen LogP contribution in [0.2, 0.25) is 0 Å². The Hall–Kier alpha value is -1.46. The molecule has 0 saturated carbocycles. The van der Waals surface area contributed by atoms with Crippen LogP contribution in [0.1, 0.15) is 25.3 Å². The summed E-state index contributed by atoms with van der Waals surface area (Å²) in [7, 11) is 0. The van der Waals surface area contributed by atoms with E-state index in [0.29, 0.717) is 12.5 Å². The molecule has 1 atom stereocenters. The van der Waals surface area contributed by atoms with E-state index in [0.717, 1.165) is 30.0 Å². The summed E-state index contributed by atoms with van der Waals surface area (Å²) >= 11 is 1.65. The number of para-hydroxylation sites is 1. The molecule has 0 bridgehead atoms. The number of carbonyl (C=O) groups is 1. The molecule has 3 rings (SSSR count). The maximum atomic E-state index is 12.6. The maximum absolute atomic E-state index is 12.6. The molecule has 112 valence electrons. The Morgan fingerprint density at radius 2 is 2.29 bits per heavy atom. The fraction of sp³-hybridized carbons (Fsp3) is 0.500. The van der Waals surface area contributed by atoms with E-state index >= 15 is 0 Å². The minimum Gasteiger partial charge on any atom is -0.349 e. The van der Waals surface area contributed by atoms with Crippen molar-refractivity contribution in [3.05, 3.63) is 29.3 Å². The Labute approximate surface area is 129 Å². The summed E-state index contributed by atoms with van der Waals surface area (Å²) in [6.07, 6.45) is 0.913. The third-order valence-corrected chi connectivity index (χ3v) is 5.52. The van der Waals surface area contributed by atoms with Crippen molar-refractivity contribution in [2.24, 2.45) is 11.3 Å². The first-order valence-electron chi connectivity index (χ1n) is 7.45. The summed E-state index contributed by atoms with van der Waals surface area (Å²) < 4.78 is 1.17. The number of benzene rings is 1. The van der Waals surface area contributed by atoms with Crippen molar-refractivity contribution in [2.45, 2.75) is 26.8 Å². The number of nitrogens with zero attached hydrogens (tertiary/aromatic N) is 1. The molecule has 1 aromatic heterocycles. The van der Waals surface area contributed by atoms with Gasteiger partial charge >= 0.3 is 0 Å². The second-order valence-corrected chi connectivity index (χ2v) is 7.11. The van der Waals surface area contributed by atoms with E-state index in [1.165, 1.54) is 4.70 Å². The molecule has 0 aliphatic carbocycles. The molecule has 1 aromatic carbocycles. The molecule has 1 amide bonds. The van der Waals surface area contributed by atoms with Gasteiger partial charge in [0.1, 0.15) is 5.01 Å². The fourth-order valence-electron chi connectivity index (χ4n) is 2.99. The van der Waals surface area contributed by atoms with Crippen LogP contribution >= 0.6 is 11.3 Å². The van der Waals surface area contributed by atoms with Crippen LogP contribution in [0.3, 0.4) is 0 Å². The third kappa shape index (κ3) is 2.68. The second kappa shape index (κ2) is 5.73. The monoisotopic (exact) mass is 303 g/mol. The van der Waals surface area contributed by atoms with E-state index in [9.17, 15) is 4.79 Å². The highest BCUT2D eigenvalue weighted by molar-refractivity contribution is 7.18. The number of rotatable bonds is 4. The van der Waals surface area contributed by atoms with Gasteiger partial charge in [0.25, 0.3) is 0 Å². The largest absolute Gasteiger partial charge is 0.349 e. The molecule has 2 aromatic rings. The Balaban J connectivity index is 1.70. The molecule has 1 unspecified atom stereocenters. The lowest BCUT2D eigenvalue weighted by atomic mass is 9.75. The van der Waals surface area contributed by atoms with Gasteiger partial charge in [-0.05, 0) is 31.0 Å². The summed E-state index contributed by atoms with van der Waals surface area (Å²) in [4.78, 5) is 17.2. The van der Waals surface area contributed by atoms with Crippen LogP contribution in [0, 0.1) is 11.3 Å². The smallest absolute Gasteiger partial charge is 0.228 e. The van der Waals surface area contributed by atoms with Crippen molar-refractivity contribution >= 4 is 27.5 Å². The second-order valence-electron chi connectivity index (χ2n) is 6.00. The number of carbonyl (C=O) groups excluding carboxylic acids is 1. The highest BCUT2D eigenvalue weighted by Gasteiger charge is 2.43. The van der Waals surface area contributed by atoms with E-state index in [1.807, 2.05) is 18.2 Å². The molecule has 1 saturated heterocycles. The Morgan fingerprint density at radius 1 is 1.48 bits per heavy atom. The van der Waals surface area contributed by atoms with Crippen LogP contribution in [0.25, 0.3) is 10.2 Å². The minimum absolute atomic E-state index is 0.154. The number of aromatic nitrogens is 1. The van der Waals surface area contributed by atoms with Gasteiger partial charge in [0.05, 0.1) is 22.2 Å². The molecule has 1 aliphatic rings. The number of nitrogens with one attached hydrogen (secondary N) is 2. The first-order valence-corrected chi connectivity index (χ1v) is 8.27. The molecule has 5 heteroatoms. The number of hydrogen-bond acceptors (Lipinski definition) is 4. The van der Waals surface area contributed by atoms with Crippen LogP contribution in [0.15, 0.2) is 24.3 Å². The molecule has 2 N–H and O–H groups in total. The van der Waals surface area contributed by atoms with Crippen molar-refractivity contribution in [3.63, 3.8) is 0 Å². The van der Waals surface area contributed by atoms with Crippen LogP contribution in [-0.4, -0.2) is 24.0 Å². The summed E-state index contributed by atoms with van der Waals surface area (Å²) in [6, 6.07) is 8.08. The zero-order chi connectivity index (χ0) is 14.9. The predicted molar refractivity (Wildman–Crippen MR) is 86.2 cm³/mol. The van der Waals surface area contributed by atoms with Gasteiger partial charge in [-0.15, -0.1) is 11.3 Å². The van der Waals surface area contributed by atoms with Crippen LogP contribution in [0.5, 0.6) is 0 Å². The summed E-state index contributed by atoms with van der Waals surface area (Å²) in [6.45, 7) is 6.48. The Bertz CT molecular complexity index is 611. The van der Waals surface area contributed by atoms with E-state index in [1.54, 1.807) is 11.3 Å². The average molecular weight is 303 g/mol. The average Bonchev–Trinajstić information content (AvgIpc) is 3.11. The molecule has 0 spiro atoms. The van der Waals surface area contributed by atoms with Crippen molar-refractivity contribution in [2.75, 3.05) is 13.1 Å². The lowest BCUT2D eigenvalue weighted by molar-refractivity contribution is -0.132. The molecule has 4 nitrogen and oxygen atoms in total. The van der Waals surface area contributed by atoms with Gasteiger partial charge in [0.2, 0.25) is 5.91 Å². The molecular weight excluding hydrogens is 282 g/mol. The lowest BCUT2D eigenvalue weighted by Crippen LogP contribution is -2.45. The molecule has 21 heavy (non-hydrogen) atoms. The summed E-state index contributed by atoms with van der Waals surface area (Å²) in [5.74, 6) is 0.490. The quantitative estimate of drug-likeness (QED) is 0.912. The molecule has 1 fully saturated rings. The van der Waals surface area contributed by atoms with E-state index in [4.69, 9.17) is 0 Å². The van der Waals surface area contributed by atoms with Gasteiger partial charge in [-0.3, -0.25) is 4.79 Å². The first kappa shape index (κ1) is 14.5. The third-order valence-electron chi connectivity index (χ3n) is 4.48. The topological polar surface area (TPSA) is 54.0 Å². The van der Waals surface area contributed by atoms with Gasteiger partial charge in [0, 0.05) is 6.54 Å². The molecule has 1 aliphatic heterocycles. The van der Waals surface area contributed by atoms with E-state index in [2.05, 4.69) is 35.5 Å². The van der Waals surface area contributed by atoms with Crippen molar-refractivity contribution in [1.29, 1.82) is 0 Å². The SMILES string of the molecule is CC(C)C1(C(=O)NCc2nc3ccccc3s2)CCNC1. The Morgan fingerprint density at radius 3 is 2.95 bits per heavy atom. The fourth-order valence-corrected chi connectivity index (χ4v) is 3.89. The lowest BCUT2D eigenvalue weighted by Gasteiger charge is -2.30. The van der Waals surface area contributed by atoms with Gasteiger partial charge in [-0.1, -0.05) is 26.0 Å². The van der Waals surface area contributed by atoms with Gasteiger partial charge in [-0.25, -0.2) is 4.98 Å². The number of amides is 1. The van der Waals surface area contributed by atoms with Gasteiger partial charge in [-0.2, -0.15) is 0 Å². The minimum atomic E-state index is -0.267. The van der Waals surface area contributed by atoms with Crippen LogP contribution in [-0.2, 0) is 11.3 Å². The highest BCUT2D eigenvalue weighted by atomic mass is 32.1. The van der Waals surface area contributed by atoms with Crippen molar-refractivity contribution < 1.29 is 4.79 Å².